The molecule has 0 saturated carbocycles. The van der Waals surface area contributed by atoms with E-state index in [2.05, 4.69) is 6.92 Å². The molecule has 5 nitrogen and oxygen atoms in total. The summed E-state index contributed by atoms with van der Waals surface area (Å²) in [6, 6.07) is 5.50. The lowest BCUT2D eigenvalue weighted by atomic mass is 10.2. The molecule has 0 N–H and O–H groups in total. The van der Waals surface area contributed by atoms with Crippen LogP contribution in [0.2, 0.25) is 0 Å². The number of methoxy groups -OCH3 is 2. The molecule has 1 aromatic carbocycles. The lowest BCUT2D eigenvalue weighted by Gasteiger charge is -2.18. The molecule has 1 aromatic rings. The SMILES string of the molecule is CCCCOc1ccc(N2CC(OC)=CC2=O)cc1OC. The van der Waals surface area contributed by atoms with Crippen molar-refractivity contribution in [2.24, 2.45) is 0 Å². The van der Waals surface area contributed by atoms with Gasteiger partial charge in [-0.2, -0.15) is 0 Å². The van der Waals surface area contributed by atoms with Crippen LogP contribution in [0.4, 0.5) is 5.69 Å². The minimum atomic E-state index is -0.0893. The fraction of sp³-hybridized carbons (Fsp3) is 0.438. The van der Waals surface area contributed by atoms with Crippen LogP contribution in [0.15, 0.2) is 30.0 Å². The summed E-state index contributed by atoms with van der Waals surface area (Å²) in [7, 11) is 3.16. The van der Waals surface area contributed by atoms with E-state index in [0.29, 0.717) is 30.4 Å². The normalized spacial score (nSPS) is 14.1. The van der Waals surface area contributed by atoms with Gasteiger partial charge in [0.15, 0.2) is 11.5 Å². The average Bonchev–Trinajstić information content (AvgIpc) is 2.89. The van der Waals surface area contributed by atoms with E-state index in [0.717, 1.165) is 18.5 Å². The predicted molar refractivity (Wildman–Crippen MR) is 80.8 cm³/mol. The van der Waals surface area contributed by atoms with E-state index in [1.807, 2.05) is 18.2 Å². The van der Waals surface area contributed by atoms with E-state index in [9.17, 15) is 4.79 Å². The first-order chi connectivity index (χ1) is 10.2. The number of carbonyl (C=O) groups excluding carboxylic acids is 1. The Morgan fingerprint density at radius 2 is 2.00 bits per heavy atom. The van der Waals surface area contributed by atoms with Crippen LogP contribution in [0, 0.1) is 0 Å². The maximum Gasteiger partial charge on any atom is 0.254 e. The minimum absolute atomic E-state index is 0.0893. The van der Waals surface area contributed by atoms with Gasteiger partial charge in [-0.05, 0) is 18.6 Å². The van der Waals surface area contributed by atoms with Crippen molar-refractivity contribution in [1.29, 1.82) is 0 Å². The zero-order valence-electron chi connectivity index (χ0n) is 12.7. The van der Waals surface area contributed by atoms with Gasteiger partial charge in [-0.3, -0.25) is 4.79 Å². The summed E-state index contributed by atoms with van der Waals surface area (Å²) in [6.07, 6.45) is 3.57. The van der Waals surface area contributed by atoms with Gasteiger partial charge in [0, 0.05) is 17.8 Å². The predicted octanol–water partition coefficient (Wildman–Crippen LogP) is 2.75. The summed E-state index contributed by atoms with van der Waals surface area (Å²) < 4.78 is 16.2. The third-order valence-electron chi connectivity index (χ3n) is 3.34. The fourth-order valence-corrected chi connectivity index (χ4v) is 2.11. The van der Waals surface area contributed by atoms with Gasteiger partial charge in [-0.1, -0.05) is 13.3 Å². The quantitative estimate of drug-likeness (QED) is 0.725. The van der Waals surface area contributed by atoms with E-state index in [-0.39, 0.29) is 5.91 Å². The molecule has 0 fully saturated rings. The molecule has 1 heterocycles. The fourth-order valence-electron chi connectivity index (χ4n) is 2.11. The summed E-state index contributed by atoms with van der Waals surface area (Å²) in [5, 5.41) is 0. The molecule has 0 spiro atoms. The van der Waals surface area contributed by atoms with Crippen molar-refractivity contribution in [2.75, 3.05) is 32.3 Å². The zero-order valence-corrected chi connectivity index (χ0v) is 12.7. The van der Waals surface area contributed by atoms with Crippen molar-refractivity contribution in [2.45, 2.75) is 19.8 Å². The Kier molecular flexibility index (Phi) is 5.09. The molecule has 0 unspecified atom stereocenters. The minimum Gasteiger partial charge on any atom is -0.499 e. The molecule has 2 rings (SSSR count). The lowest BCUT2D eigenvalue weighted by molar-refractivity contribution is -0.113. The van der Waals surface area contributed by atoms with Gasteiger partial charge in [0.05, 0.1) is 27.4 Å². The van der Waals surface area contributed by atoms with Crippen LogP contribution in [0.25, 0.3) is 0 Å². The molecule has 0 radical (unpaired) electrons. The van der Waals surface area contributed by atoms with E-state index in [4.69, 9.17) is 14.2 Å². The molecule has 114 valence electrons. The van der Waals surface area contributed by atoms with Crippen molar-refractivity contribution in [3.05, 3.63) is 30.0 Å². The molecule has 0 aromatic heterocycles. The number of rotatable bonds is 7. The summed E-state index contributed by atoms with van der Waals surface area (Å²) in [6.45, 7) is 3.21. The number of amides is 1. The maximum atomic E-state index is 11.9. The number of carbonyl (C=O) groups is 1. The number of hydrogen-bond acceptors (Lipinski definition) is 4. The van der Waals surface area contributed by atoms with Crippen molar-refractivity contribution < 1.29 is 19.0 Å². The van der Waals surface area contributed by atoms with Gasteiger partial charge in [0.1, 0.15) is 5.76 Å². The second kappa shape index (κ2) is 7.02. The average molecular weight is 291 g/mol. The van der Waals surface area contributed by atoms with Crippen LogP contribution in [-0.4, -0.2) is 33.3 Å². The number of ether oxygens (including phenoxy) is 3. The van der Waals surface area contributed by atoms with E-state index in [1.54, 1.807) is 19.1 Å². The van der Waals surface area contributed by atoms with Gasteiger partial charge in [-0.15, -0.1) is 0 Å². The van der Waals surface area contributed by atoms with Crippen molar-refractivity contribution in [3.8, 4) is 11.5 Å². The van der Waals surface area contributed by atoms with Crippen molar-refractivity contribution in [3.63, 3.8) is 0 Å². The zero-order chi connectivity index (χ0) is 15.2. The van der Waals surface area contributed by atoms with Crippen LogP contribution < -0.4 is 14.4 Å². The number of unbranched alkanes of at least 4 members (excludes halogenated alkanes) is 1. The van der Waals surface area contributed by atoms with E-state index >= 15 is 0 Å². The summed E-state index contributed by atoms with van der Waals surface area (Å²) in [5.74, 6) is 1.89. The van der Waals surface area contributed by atoms with E-state index in [1.165, 1.54) is 6.08 Å². The second-order valence-corrected chi connectivity index (χ2v) is 4.78. The molecular weight excluding hydrogens is 270 g/mol. The lowest BCUT2D eigenvalue weighted by Crippen LogP contribution is -2.25. The highest BCUT2D eigenvalue weighted by Gasteiger charge is 2.24. The van der Waals surface area contributed by atoms with Crippen LogP contribution in [0.1, 0.15) is 19.8 Å². The second-order valence-electron chi connectivity index (χ2n) is 4.78. The van der Waals surface area contributed by atoms with Crippen molar-refractivity contribution >= 4 is 11.6 Å². The molecule has 1 aliphatic rings. The number of hydrogen-bond donors (Lipinski definition) is 0. The summed E-state index contributed by atoms with van der Waals surface area (Å²) >= 11 is 0. The molecule has 1 aliphatic heterocycles. The Morgan fingerprint density at radius 3 is 2.62 bits per heavy atom. The Hall–Kier alpha value is -2.17. The first-order valence-electron chi connectivity index (χ1n) is 7.06. The van der Waals surface area contributed by atoms with Gasteiger partial charge in [0.2, 0.25) is 0 Å². The first-order valence-corrected chi connectivity index (χ1v) is 7.06. The molecule has 21 heavy (non-hydrogen) atoms. The van der Waals surface area contributed by atoms with Gasteiger partial charge in [-0.25, -0.2) is 0 Å². The monoisotopic (exact) mass is 291 g/mol. The Labute approximate surface area is 125 Å². The van der Waals surface area contributed by atoms with Crippen LogP contribution >= 0.6 is 0 Å². The van der Waals surface area contributed by atoms with Crippen LogP contribution in [0.3, 0.4) is 0 Å². The maximum absolute atomic E-state index is 11.9. The molecular formula is C16H21NO4. The Balaban J connectivity index is 2.14. The largest absolute Gasteiger partial charge is 0.499 e. The summed E-state index contributed by atoms with van der Waals surface area (Å²) in [4.78, 5) is 13.6. The van der Waals surface area contributed by atoms with Gasteiger partial charge >= 0.3 is 0 Å². The van der Waals surface area contributed by atoms with Crippen molar-refractivity contribution in [1.82, 2.24) is 0 Å². The highest BCUT2D eigenvalue weighted by Crippen LogP contribution is 2.33. The molecule has 5 heteroatoms. The smallest absolute Gasteiger partial charge is 0.254 e. The Morgan fingerprint density at radius 1 is 1.19 bits per heavy atom. The topological polar surface area (TPSA) is 48.0 Å². The first kappa shape index (κ1) is 15.2. The molecule has 1 amide bonds. The molecule has 0 aliphatic carbocycles. The number of benzene rings is 1. The third-order valence-corrected chi connectivity index (χ3v) is 3.34. The van der Waals surface area contributed by atoms with E-state index < -0.39 is 0 Å². The van der Waals surface area contributed by atoms with Crippen LogP contribution in [0.5, 0.6) is 11.5 Å². The van der Waals surface area contributed by atoms with Crippen LogP contribution in [-0.2, 0) is 9.53 Å². The molecule has 0 atom stereocenters. The number of anilines is 1. The standard InChI is InChI=1S/C16H21NO4/c1-4-5-8-21-14-7-6-12(9-15(14)20-3)17-11-13(19-2)10-16(17)18/h6-7,9-10H,4-5,8,11H2,1-3H3. The highest BCUT2D eigenvalue weighted by atomic mass is 16.5. The van der Waals surface area contributed by atoms with Gasteiger partial charge in [0.25, 0.3) is 5.91 Å². The number of nitrogens with zero attached hydrogens (tertiary/aromatic N) is 1. The summed E-state index contributed by atoms with van der Waals surface area (Å²) in [5.41, 5.74) is 0.767. The Bertz CT molecular complexity index is 539. The highest BCUT2D eigenvalue weighted by molar-refractivity contribution is 6.04. The van der Waals surface area contributed by atoms with Gasteiger partial charge < -0.3 is 19.1 Å². The third kappa shape index (κ3) is 3.48. The molecule has 0 bridgehead atoms. The molecule has 0 saturated heterocycles.